The molecule has 3 nitrogen and oxygen atoms in total. The number of rotatable bonds is 1. The molecule has 0 aromatic rings. The fourth-order valence-corrected chi connectivity index (χ4v) is 1.64. The zero-order valence-electron chi connectivity index (χ0n) is 5.02. The Bertz CT molecular complexity index is 250. The summed E-state index contributed by atoms with van der Waals surface area (Å²) in [5, 5.41) is 20.5. The van der Waals surface area contributed by atoms with Crippen molar-refractivity contribution in [3.05, 3.63) is 22.4 Å². The summed E-state index contributed by atoms with van der Waals surface area (Å²) in [7, 11) is -2.36. The average Bonchev–Trinajstić information content (AvgIpc) is 2.33. The molecule has 0 radical (unpaired) electrons. The van der Waals surface area contributed by atoms with Crippen molar-refractivity contribution in [1.82, 2.24) is 0 Å². The van der Waals surface area contributed by atoms with Crippen LogP contribution in [-0.4, -0.2) is 22.4 Å². The van der Waals surface area contributed by atoms with Crippen LogP contribution in [0, 0.1) is 0 Å². The third kappa shape index (κ3) is 1.28. The first-order chi connectivity index (χ1) is 4.75. The van der Waals surface area contributed by atoms with Crippen LogP contribution in [0.15, 0.2) is 22.4 Å². The molecular weight excluding hydrogens is 151 g/mol. The van der Waals surface area contributed by atoms with Crippen molar-refractivity contribution < 1.29 is 14.8 Å². The molecule has 1 aliphatic rings. The average molecular weight is 156 g/mol. The molecule has 0 amide bonds. The van der Waals surface area contributed by atoms with Gasteiger partial charge in [-0.3, -0.25) is 0 Å². The van der Waals surface area contributed by atoms with Crippen LogP contribution in [0.2, 0.25) is 0 Å². The number of hydrogen-bond donors (Lipinski definition) is 2. The van der Waals surface area contributed by atoms with Gasteiger partial charge >= 0.3 is 7.12 Å². The number of allylic oxidation sites excluding steroid dienone is 2. The standard InChI is InChI=1S/C5H5BO3S/c7-4-10-3-1-2-5(10)6(8)9/h1-3,8-9H. The summed E-state index contributed by atoms with van der Waals surface area (Å²) in [5.41, 5.74) is 0. The molecule has 10 heavy (non-hydrogen) atoms. The molecule has 0 aromatic heterocycles. The van der Waals surface area contributed by atoms with Crippen LogP contribution in [0.25, 0.3) is 0 Å². The Hall–Kier alpha value is -0.605. The maximum Gasteiger partial charge on any atom is 0.495 e. The molecule has 1 aliphatic heterocycles. The molecule has 0 bridgehead atoms. The van der Waals surface area contributed by atoms with Crippen LogP contribution < -0.4 is 0 Å². The first-order valence-corrected chi connectivity index (χ1v) is 3.90. The van der Waals surface area contributed by atoms with Crippen molar-refractivity contribution in [2.75, 3.05) is 0 Å². The minimum atomic E-state index is -1.53. The second-order valence-corrected chi connectivity index (χ2v) is 3.28. The summed E-state index contributed by atoms with van der Waals surface area (Å²) >= 11 is 0. The largest absolute Gasteiger partial charge is 0.495 e. The molecule has 0 fully saturated rings. The second-order valence-electron chi connectivity index (χ2n) is 1.69. The highest BCUT2D eigenvalue weighted by Crippen LogP contribution is 2.30. The third-order valence-electron chi connectivity index (χ3n) is 1.07. The van der Waals surface area contributed by atoms with Crippen LogP contribution in [0.1, 0.15) is 0 Å². The molecular formula is C5H5BO3S. The Kier molecular flexibility index (Phi) is 2.24. The summed E-state index contributed by atoms with van der Waals surface area (Å²) in [6, 6.07) is 0. The topological polar surface area (TPSA) is 57.5 Å². The molecule has 0 saturated heterocycles. The van der Waals surface area contributed by atoms with Crippen molar-refractivity contribution in [3.63, 3.8) is 0 Å². The lowest BCUT2D eigenvalue weighted by molar-refractivity contribution is 0.423. The molecule has 0 saturated carbocycles. The van der Waals surface area contributed by atoms with Crippen LogP contribution in [0.5, 0.6) is 0 Å². The van der Waals surface area contributed by atoms with E-state index in [1.54, 1.807) is 16.7 Å². The van der Waals surface area contributed by atoms with Gasteiger partial charge in [-0.15, -0.1) is 0 Å². The normalized spacial score (nSPS) is 22.2. The minimum absolute atomic E-state index is 0.315. The summed E-state index contributed by atoms with van der Waals surface area (Å²) < 4.78 is 0. The highest BCUT2D eigenvalue weighted by atomic mass is 32.2. The Balaban J connectivity index is 2.93. The lowest BCUT2D eigenvalue weighted by Gasteiger charge is -1.97. The molecule has 1 unspecified atom stereocenters. The Morgan fingerprint density at radius 2 is 2.30 bits per heavy atom. The zero-order chi connectivity index (χ0) is 7.56. The highest BCUT2D eigenvalue weighted by molar-refractivity contribution is 8.21. The van der Waals surface area contributed by atoms with E-state index in [0.717, 1.165) is 0 Å². The monoisotopic (exact) mass is 156 g/mol. The van der Waals surface area contributed by atoms with Crippen molar-refractivity contribution >= 4 is 22.8 Å². The summed E-state index contributed by atoms with van der Waals surface area (Å²) in [4.78, 5) is 10.4. The number of carbonyl (C=O) groups excluding carboxylic acids is 1. The molecule has 1 rings (SSSR count). The van der Waals surface area contributed by atoms with E-state index in [-0.39, 0.29) is 0 Å². The van der Waals surface area contributed by atoms with E-state index in [2.05, 4.69) is 0 Å². The maximum atomic E-state index is 10.1. The SMILES string of the molecule is O=C=S1C=CC=C1B(O)O. The highest BCUT2D eigenvalue weighted by Gasteiger charge is 2.19. The Morgan fingerprint density at radius 1 is 1.60 bits per heavy atom. The molecule has 5 heteroatoms. The molecule has 1 atom stereocenters. The quantitative estimate of drug-likeness (QED) is 0.406. The summed E-state index contributed by atoms with van der Waals surface area (Å²) in [6.45, 7) is 0. The molecule has 0 spiro atoms. The van der Waals surface area contributed by atoms with Crippen molar-refractivity contribution in [2.24, 2.45) is 0 Å². The van der Waals surface area contributed by atoms with Gasteiger partial charge in [0.1, 0.15) is 0 Å². The summed E-state index contributed by atoms with van der Waals surface area (Å²) in [5.74, 6) is 0. The van der Waals surface area contributed by atoms with Gasteiger partial charge in [-0.1, -0.05) is 22.6 Å². The van der Waals surface area contributed by atoms with Gasteiger partial charge in [0.25, 0.3) is 0 Å². The van der Waals surface area contributed by atoms with Gasteiger partial charge in [-0.2, -0.15) is 0 Å². The van der Waals surface area contributed by atoms with E-state index in [4.69, 9.17) is 10.0 Å². The van der Waals surface area contributed by atoms with Crippen molar-refractivity contribution in [3.8, 4) is 0 Å². The fourth-order valence-electron chi connectivity index (χ4n) is 0.640. The molecule has 0 aliphatic carbocycles. The van der Waals surface area contributed by atoms with E-state index in [1.165, 1.54) is 6.08 Å². The molecule has 0 aromatic carbocycles. The van der Waals surface area contributed by atoms with Gasteiger partial charge in [0, 0.05) is 4.80 Å². The minimum Gasteiger partial charge on any atom is -0.423 e. The molecule has 2 N–H and O–H groups in total. The van der Waals surface area contributed by atoms with Gasteiger partial charge in [0.15, 0.2) is 5.23 Å². The summed E-state index contributed by atoms with van der Waals surface area (Å²) in [6.07, 6.45) is 3.13. The number of hydrogen-bond acceptors (Lipinski definition) is 3. The zero-order valence-corrected chi connectivity index (χ0v) is 5.84. The van der Waals surface area contributed by atoms with Gasteiger partial charge in [0.2, 0.25) is 0 Å². The van der Waals surface area contributed by atoms with Gasteiger partial charge in [-0.25, -0.2) is 4.79 Å². The van der Waals surface area contributed by atoms with Crippen LogP contribution in [-0.2, 0) is 4.79 Å². The van der Waals surface area contributed by atoms with E-state index in [1.807, 2.05) is 0 Å². The van der Waals surface area contributed by atoms with E-state index < -0.39 is 17.6 Å². The van der Waals surface area contributed by atoms with Gasteiger partial charge < -0.3 is 10.0 Å². The predicted octanol–water partition coefficient (Wildman–Crippen LogP) is -0.254. The van der Waals surface area contributed by atoms with Crippen molar-refractivity contribution in [2.45, 2.75) is 0 Å². The maximum absolute atomic E-state index is 10.1. The lowest BCUT2D eigenvalue weighted by Crippen LogP contribution is -2.12. The van der Waals surface area contributed by atoms with Crippen LogP contribution >= 0.6 is 10.5 Å². The van der Waals surface area contributed by atoms with Gasteiger partial charge in [0.05, 0.1) is 0 Å². The van der Waals surface area contributed by atoms with Gasteiger partial charge in [-0.05, 0) is 5.41 Å². The molecule has 52 valence electrons. The fraction of sp³-hybridized carbons (Fsp3) is 0. The van der Waals surface area contributed by atoms with Crippen LogP contribution in [0.4, 0.5) is 0 Å². The van der Waals surface area contributed by atoms with Crippen LogP contribution in [0.3, 0.4) is 0 Å². The van der Waals surface area contributed by atoms with E-state index in [9.17, 15) is 4.79 Å². The second kappa shape index (κ2) is 2.99. The predicted molar refractivity (Wildman–Crippen MR) is 40.7 cm³/mol. The third-order valence-corrected chi connectivity index (χ3v) is 2.54. The Morgan fingerprint density at radius 3 is 2.70 bits per heavy atom. The Labute approximate surface area is 60.8 Å². The van der Waals surface area contributed by atoms with Crippen molar-refractivity contribution in [1.29, 1.82) is 0 Å². The first-order valence-electron chi connectivity index (χ1n) is 2.61. The molecule has 1 heterocycles. The lowest BCUT2D eigenvalue weighted by atomic mass is 9.91. The van der Waals surface area contributed by atoms with E-state index >= 15 is 0 Å². The first kappa shape index (κ1) is 7.50. The van der Waals surface area contributed by atoms with E-state index in [0.29, 0.717) is 4.80 Å². The smallest absolute Gasteiger partial charge is 0.423 e.